The molecule has 0 aromatic carbocycles. The van der Waals surface area contributed by atoms with Crippen LogP contribution in [0, 0.1) is 5.92 Å². The minimum absolute atomic E-state index is 0.0424. The van der Waals surface area contributed by atoms with Crippen molar-refractivity contribution in [2.24, 2.45) is 5.92 Å². The van der Waals surface area contributed by atoms with Crippen molar-refractivity contribution in [1.82, 2.24) is 10.6 Å². The highest BCUT2D eigenvalue weighted by Gasteiger charge is 2.42. The van der Waals surface area contributed by atoms with Crippen molar-refractivity contribution in [3.05, 3.63) is 0 Å². The average molecular weight is 304 g/mol. The van der Waals surface area contributed by atoms with Crippen molar-refractivity contribution in [3.63, 3.8) is 0 Å². The van der Waals surface area contributed by atoms with E-state index >= 15 is 0 Å². The molecule has 2 fully saturated rings. The fourth-order valence-electron chi connectivity index (χ4n) is 2.94. The molecule has 2 N–H and O–H groups in total. The number of carbonyl (C=O) groups is 2. The summed E-state index contributed by atoms with van der Waals surface area (Å²) in [6.45, 7) is 1.70. The maximum Gasteiger partial charge on any atom is 0.308 e. The van der Waals surface area contributed by atoms with Gasteiger partial charge in [-0.15, -0.1) is 0 Å². The number of halogens is 2. The molecule has 0 aromatic heterocycles. The van der Waals surface area contributed by atoms with Crippen molar-refractivity contribution in [2.75, 3.05) is 13.2 Å². The molecule has 1 atom stereocenters. The number of rotatable bonds is 4. The molecule has 0 radical (unpaired) electrons. The SMILES string of the molecule is CCOC(=O)C1CCC(NC(=O)C2CC(F)(F)CN2)CC1. The Morgan fingerprint density at radius 2 is 1.95 bits per heavy atom. The quantitative estimate of drug-likeness (QED) is 0.767. The summed E-state index contributed by atoms with van der Waals surface area (Å²) in [5, 5.41) is 5.35. The van der Waals surface area contributed by atoms with Gasteiger partial charge in [0, 0.05) is 12.5 Å². The summed E-state index contributed by atoms with van der Waals surface area (Å²) in [7, 11) is 0. The van der Waals surface area contributed by atoms with Crippen LogP contribution in [0.4, 0.5) is 8.78 Å². The highest BCUT2D eigenvalue weighted by molar-refractivity contribution is 5.82. The zero-order chi connectivity index (χ0) is 15.5. The zero-order valence-electron chi connectivity index (χ0n) is 12.2. The van der Waals surface area contributed by atoms with E-state index < -0.39 is 24.9 Å². The van der Waals surface area contributed by atoms with Gasteiger partial charge in [-0.05, 0) is 32.6 Å². The molecule has 5 nitrogen and oxygen atoms in total. The van der Waals surface area contributed by atoms with Gasteiger partial charge in [0.2, 0.25) is 5.91 Å². The van der Waals surface area contributed by atoms with E-state index in [1.807, 2.05) is 0 Å². The van der Waals surface area contributed by atoms with Gasteiger partial charge in [0.15, 0.2) is 0 Å². The van der Waals surface area contributed by atoms with E-state index in [0.717, 1.165) is 0 Å². The molecule has 0 spiro atoms. The van der Waals surface area contributed by atoms with Gasteiger partial charge in [0.05, 0.1) is 25.1 Å². The van der Waals surface area contributed by atoms with E-state index in [4.69, 9.17) is 4.74 Å². The smallest absolute Gasteiger partial charge is 0.308 e. The fourth-order valence-corrected chi connectivity index (χ4v) is 2.94. The van der Waals surface area contributed by atoms with Crippen LogP contribution in [0.5, 0.6) is 0 Å². The largest absolute Gasteiger partial charge is 0.466 e. The lowest BCUT2D eigenvalue weighted by molar-refractivity contribution is -0.149. The molecule has 1 amide bonds. The molecular weight excluding hydrogens is 282 g/mol. The summed E-state index contributed by atoms with van der Waals surface area (Å²) >= 11 is 0. The Morgan fingerprint density at radius 1 is 1.29 bits per heavy atom. The Morgan fingerprint density at radius 3 is 2.48 bits per heavy atom. The molecule has 1 heterocycles. The van der Waals surface area contributed by atoms with Crippen LogP contribution in [-0.2, 0) is 14.3 Å². The normalized spacial score (nSPS) is 31.7. The molecular formula is C14H22F2N2O3. The molecule has 1 aliphatic heterocycles. The highest BCUT2D eigenvalue weighted by atomic mass is 19.3. The summed E-state index contributed by atoms with van der Waals surface area (Å²) in [4.78, 5) is 23.5. The lowest BCUT2D eigenvalue weighted by Crippen LogP contribution is -2.46. The van der Waals surface area contributed by atoms with Gasteiger partial charge in [0.1, 0.15) is 0 Å². The summed E-state index contributed by atoms with van der Waals surface area (Å²) in [5.74, 6) is -3.46. The Kier molecular flexibility index (Phi) is 5.13. The van der Waals surface area contributed by atoms with Gasteiger partial charge in [-0.1, -0.05) is 0 Å². The summed E-state index contributed by atoms with van der Waals surface area (Å²) in [6.07, 6.45) is 2.24. The molecule has 1 unspecified atom stereocenters. The third kappa shape index (κ3) is 4.36. The maximum absolute atomic E-state index is 13.1. The third-order valence-electron chi connectivity index (χ3n) is 4.12. The number of amides is 1. The standard InChI is InChI=1S/C14H22F2N2O3/c1-2-21-13(20)9-3-5-10(6-4-9)18-12(19)11-7-14(15,16)8-17-11/h9-11,17H,2-8H2,1H3,(H,18,19). The first kappa shape index (κ1) is 16.1. The predicted octanol–water partition coefficient (Wildman–Crippen LogP) is 1.22. The van der Waals surface area contributed by atoms with Crippen LogP contribution in [0.15, 0.2) is 0 Å². The first-order valence-electron chi connectivity index (χ1n) is 7.49. The van der Waals surface area contributed by atoms with Gasteiger partial charge in [-0.3, -0.25) is 14.9 Å². The van der Waals surface area contributed by atoms with Crippen LogP contribution in [0.2, 0.25) is 0 Å². The van der Waals surface area contributed by atoms with Crippen molar-refractivity contribution >= 4 is 11.9 Å². The molecule has 1 saturated heterocycles. The van der Waals surface area contributed by atoms with E-state index in [2.05, 4.69) is 10.6 Å². The van der Waals surface area contributed by atoms with Crippen molar-refractivity contribution in [2.45, 2.75) is 57.0 Å². The maximum atomic E-state index is 13.1. The molecule has 2 rings (SSSR count). The van der Waals surface area contributed by atoms with Crippen LogP contribution in [0.1, 0.15) is 39.0 Å². The molecule has 1 saturated carbocycles. The second-order valence-corrected chi connectivity index (χ2v) is 5.80. The van der Waals surface area contributed by atoms with Gasteiger partial charge < -0.3 is 10.1 Å². The van der Waals surface area contributed by atoms with Gasteiger partial charge >= 0.3 is 5.97 Å². The summed E-state index contributed by atoms with van der Waals surface area (Å²) in [6, 6.07) is -0.859. The summed E-state index contributed by atoms with van der Waals surface area (Å²) in [5.41, 5.74) is 0. The Labute approximate surface area is 122 Å². The minimum Gasteiger partial charge on any atom is -0.466 e. The Bertz CT molecular complexity index is 396. The summed E-state index contributed by atoms with van der Waals surface area (Å²) < 4.78 is 31.1. The predicted molar refractivity (Wildman–Crippen MR) is 71.9 cm³/mol. The van der Waals surface area contributed by atoms with E-state index in [1.165, 1.54) is 0 Å². The third-order valence-corrected chi connectivity index (χ3v) is 4.12. The first-order chi connectivity index (χ1) is 9.91. The van der Waals surface area contributed by atoms with Crippen molar-refractivity contribution < 1.29 is 23.1 Å². The number of ether oxygens (including phenoxy) is 1. The van der Waals surface area contributed by atoms with Gasteiger partial charge in [-0.25, -0.2) is 8.78 Å². The lowest BCUT2D eigenvalue weighted by atomic mass is 9.86. The fraction of sp³-hybridized carbons (Fsp3) is 0.857. The van der Waals surface area contributed by atoms with Crippen molar-refractivity contribution in [1.29, 1.82) is 0 Å². The van der Waals surface area contributed by atoms with Crippen LogP contribution < -0.4 is 10.6 Å². The van der Waals surface area contributed by atoms with Crippen molar-refractivity contribution in [3.8, 4) is 0 Å². The average Bonchev–Trinajstić information content (AvgIpc) is 2.80. The molecule has 7 heteroatoms. The Hall–Kier alpha value is -1.24. The molecule has 0 aromatic rings. The topological polar surface area (TPSA) is 67.4 Å². The minimum atomic E-state index is -2.80. The van der Waals surface area contributed by atoms with E-state index in [-0.39, 0.29) is 23.8 Å². The molecule has 0 bridgehead atoms. The number of carbonyl (C=O) groups excluding carboxylic acids is 2. The number of nitrogens with one attached hydrogen (secondary N) is 2. The monoisotopic (exact) mass is 304 g/mol. The van der Waals surface area contributed by atoms with Crippen LogP contribution in [0.3, 0.4) is 0 Å². The Balaban J connectivity index is 1.74. The van der Waals surface area contributed by atoms with E-state index in [0.29, 0.717) is 32.3 Å². The molecule has 120 valence electrons. The van der Waals surface area contributed by atoms with Crippen LogP contribution >= 0.6 is 0 Å². The zero-order valence-corrected chi connectivity index (χ0v) is 12.2. The number of alkyl halides is 2. The van der Waals surface area contributed by atoms with Gasteiger partial charge in [-0.2, -0.15) is 0 Å². The second kappa shape index (κ2) is 6.68. The number of hydrogen-bond acceptors (Lipinski definition) is 4. The van der Waals surface area contributed by atoms with E-state index in [1.54, 1.807) is 6.92 Å². The molecule has 2 aliphatic rings. The lowest BCUT2D eigenvalue weighted by Gasteiger charge is -2.28. The highest BCUT2D eigenvalue weighted by Crippen LogP contribution is 2.27. The molecule has 1 aliphatic carbocycles. The number of esters is 1. The second-order valence-electron chi connectivity index (χ2n) is 5.80. The molecule has 21 heavy (non-hydrogen) atoms. The van der Waals surface area contributed by atoms with Crippen LogP contribution in [-0.4, -0.2) is 43.0 Å². The van der Waals surface area contributed by atoms with E-state index in [9.17, 15) is 18.4 Å². The van der Waals surface area contributed by atoms with Crippen LogP contribution in [0.25, 0.3) is 0 Å². The number of hydrogen-bond donors (Lipinski definition) is 2. The van der Waals surface area contributed by atoms with Gasteiger partial charge in [0.25, 0.3) is 5.92 Å². The first-order valence-corrected chi connectivity index (χ1v) is 7.49.